The number of fused-ring (bicyclic) bond motifs is 1. The van der Waals surface area contributed by atoms with E-state index in [1.54, 1.807) is 30.3 Å². The minimum absolute atomic E-state index is 0.0852. The number of halogens is 1. The Bertz CT molecular complexity index is 1130. The molecule has 0 aromatic heterocycles. The van der Waals surface area contributed by atoms with Gasteiger partial charge in [-0.1, -0.05) is 39.3 Å². The highest BCUT2D eigenvalue weighted by Gasteiger charge is 2.66. The van der Waals surface area contributed by atoms with E-state index in [4.69, 9.17) is 21.6 Å². The summed E-state index contributed by atoms with van der Waals surface area (Å²) in [6, 6.07) is 11.6. The van der Waals surface area contributed by atoms with E-state index in [0.717, 1.165) is 5.56 Å². The second kappa shape index (κ2) is 7.00. The van der Waals surface area contributed by atoms with Crippen LogP contribution in [-0.2, 0) is 6.54 Å². The number of carbonyl (C=O) groups is 2. The van der Waals surface area contributed by atoms with Gasteiger partial charge in [-0.2, -0.15) is 5.26 Å². The predicted octanol–water partition coefficient (Wildman–Crippen LogP) is 4.75. The average Bonchev–Trinajstić information content (AvgIpc) is 3.00. The summed E-state index contributed by atoms with van der Waals surface area (Å²) in [7, 11) is 0. The van der Waals surface area contributed by atoms with Crippen molar-refractivity contribution >= 4 is 23.5 Å². The van der Waals surface area contributed by atoms with Gasteiger partial charge in [-0.25, -0.2) is 4.79 Å². The van der Waals surface area contributed by atoms with Crippen molar-refractivity contribution in [1.82, 2.24) is 4.90 Å². The zero-order valence-electron chi connectivity index (χ0n) is 17.8. The van der Waals surface area contributed by atoms with Crippen LogP contribution in [0.3, 0.4) is 0 Å². The van der Waals surface area contributed by atoms with E-state index < -0.39 is 5.97 Å². The van der Waals surface area contributed by atoms with Crippen LogP contribution >= 0.6 is 11.6 Å². The molecule has 1 aliphatic heterocycles. The average molecular weight is 439 g/mol. The van der Waals surface area contributed by atoms with Gasteiger partial charge in [0.05, 0.1) is 16.1 Å². The summed E-state index contributed by atoms with van der Waals surface area (Å²) in [6.07, 6.45) is -0.194. The lowest BCUT2D eigenvalue weighted by Gasteiger charge is -2.65. The molecule has 2 aromatic rings. The Labute approximate surface area is 186 Å². The maximum atomic E-state index is 13.2. The lowest BCUT2D eigenvalue weighted by molar-refractivity contribution is -0.199. The van der Waals surface area contributed by atoms with Crippen molar-refractivity contribution in [2.24, 2.45) is 10.8 Å². The van der Waals surface area contributed by atoms with Crippen LogP contribution in [0, 0.1) is 22.2 Å². The van der Waals surface area contributed by atoms with Gasteiger partial charge >= 0.3 is 5.97 Å². The van der Waals surface area contributed by atoms with E-state index in [-0.39, 0.29) is 34.4 Å². The van der Waals surface area contributed by atoms with Crippen LogP contribution in [-0.4, -0.2) is 34.0 Å². The number of hydrogen-bond acceptors (Lipinski definition) is 4. The van der Waals surface area contributed by atoms with Crippen molar-refractivity contribution in [2.75, 3.05) is 0 Å². The molecule has 1 heterocycles. The number of nitriles is 1. The highest BCUT2D eigenvalue weighted by Crippen LogP contribution is 2.59. The van der Waals surface area contributed by atoms with Crippen molar-refractivity contribution in [1.29, 1.82) is 5.26 Å². The van der Waals surface area contributed by atoms with Crippen LogP contribution in [0.25, 0.3) is 0 Å². The Morgan fingerprint density at radius 3 is 2.45 bits per heavy atom. The number of ether oxygens (including phenoxy) is 1. The fourth-order valence-corrected chi connectivity index (χ4v) is 5.91. The number of carboxylic acids is 1. The van der Waals surface area contributed by atoms with Crippen molar-refractivity contribution in [3.05, 3.63) is 63.7 Å². The number of carboxylic acid groups (broad SMARTS) is 1. The van der Waals surface area contributed by atoms with Crippen LogP contribution in [0.1, 0.15) is 59.5 Å². The van der Waals surface area contributed by atoms with Gasteiger partial charge in [0.15, 0.2) is 0 Å². The van der Waals surface area contributed by atoms with Gasteiger partial charge in [0.1, 0.15) is 17.9 Å². The van der Waals surface area contributed by atoms with Gasteiger partial charge < -0.3 is 14.7 Å². The van der Waals surface area contributed by atoms with Gasteiger partial charge in [0.25, 0.3) is 5.91 Å². The Hall–Kier alpha value is -3.04. The van der Waals surface area contributed by atoms with Crippen molar-refractivity contribution in [2.45, 2.75) is 46.4 Å². The van der Waals surface area contributed by atoms with E-state index in [1.807, 2.05) is 11.0 Å². The topological polar surface area (TPSA) is 90.6 Å². The summed E-state index contributed by atoms with van der Waals surface area (Å²) >= 11 is 6.16. The van der Waals surface area contributed by atoms with Gasteiger partial charge in [0, 0.05) is 35.0 Å². The number of carbonyl (C=O) groups excluding carboxylic acids is 1. The second-order valence-electron chi connectivity index (χ2n) is 9.41. The molecule has 0 bridgehead atoms. The minimum Gasteiger partial charge on any atom is -0.489 e. The van der Waals surface area contributed by atoms with E-state index in [9.17, 15) is 14.7 Å². The molecule has 160 valence electrons. The van der Waals surface area contributed by atoms with E-state index in [2.05, 4.69) is 27.7 Å². The Balaban J connectivity index is 1.60. The van der Waals surface area contributed by atoms with Crippen LogP contribution in [0.15, 0.2) is 36.4 Å². The summed E-state index contributed by atoms with van der Waals surface area (Å²) in [5.74, 6) is -0.513. The first kappa shape index (κ1) is 21.2. The third kappa shape index (κ3) is 3.16. The molecule has 0 unspecified atom stereocenters. The molecule has 1 fully saturated rings. The monoisotopic (exact) mass is 438 g/mol. The predicted molar refractivity (Wildman–Crippen MR) is 115 cm³/mol. The number of rotatable bonds is 4. The van der Waals surface area contributed by atoms with E-state index >= 15 is 0 Å². The lowest BCUT2D eigenvalue weighted by atomic mass is 9.49. The quantitative estimate of drug-likeness (QED) is 0.743. The normalized spacial score (nSPS) is 23.0. The largest absolute Gasteiger partial charge is 0.489 e. The molecule has 1 saturated carbocycles. The zero-order valence-corrected chi connectivity index (χ0v) is 18.5. The summed E-state index contributed by atoms with van der Waals surface area (Å²) in [4.78, 5) is 26.3. The summed E-state index contributed by atoms with van der Waals surface area (Å²) in [5.41, 5.74) is 1.13. The Morgan fingerprint density at radius 1 is 1.19 bits per heavy atom. The SMILES string of the molecule is CC1(C)C(Oc2ccc(C#N)c(Cl)c2)C(C)(C)C1N1Cc2cc(C(=O)O)ccc2C1=O. The first-order valence-corrected chi connectivity index (χ1v) is 10.4. The molecule has 1 amide bonds. The summed E-state index contributed by atoms with van der Waals surface area (Å²) < 4.78 is 6.30. The zero-order chi connectivity index (χ0) is 22.7. The maximum Gasteiger partial charge on any atom is 0.335 e. The molecule has 2 aliphatic rings. The van der Waals surface area contributed by atoms with Crippen molar-refractivity contribution < 1.29 is 19.4 Å². The number of benzene rings is 2. The molecular formula is C24H23ClN2O4. The molecule has 6 nitrogen and oxygen atoms in total. The molecule has 31 heavy (non-hydrogen) atoms. The summed E-state index contributed by atoms with van der Waals surface area (Å²) in [5, 5.41) is 18.7. The molecule has 7 heteroatoms. The van der Waals surface area contributed by atoms with Crippen LogP contribution in [0.5, 0.6) is 5.75 Å². The Kier molecular flexibility index (Phi) is 4.79. The van der Waals surface area contributed by atoms with Gasteiger partial charge in [0.2, 0.25) is 0 Å². The minimum atomic E-state index is -1.01. The standard InChI is InChI=1S/C24H23ClN2O4/c1-23(2)21(27-12-15-9-13(20(29)30)6-8-17(15)19(27)28)24(3,4)22(23)31-16-7-5-14(11-26)18(25)10-16/h5-10,21-22H,12H2,1-4H3,(H,29,30). The van der Waals surface area contributed by atoms with Gasteiger partial charge in [-0.3, -0.25) is 4.79 Å². The fraction of sp³-hybridized carbons (Fsp3) is 0.375. The van der Waals surface area contributed by atoms with E-state index in [1.165, 1.54) is 6.07 Å². The first-order valence-electron chi connectivity index (χ1n) is 10.0. The van der Waals surface area contributed by atoms with Crippen LogP contribution < -0.4 is 4.74 Å². The summed E-state index contributed by atoms with van der Waals surface area (Å²) in [6.45, 7) is 8.65. The van der Waals surface area contributed by atoms with Gasteiger partial charge in [-0.15, -0.1) is 0 Å². The second-order valence-corrected chi connectivity index (χ2v) is 9.81. The highest BCUT2D eigenvalue weighted by atomic mass is 35.5. The lowest BCUT2D eigenvalue weighted by Crippen LogP contribution is -2.74. The van der Waals surface area contributed by atoms with Crippen LogP contribution in [0.4, 0.5) is 0 Å². The highest BCUT2D eigenvalue weighted by molar-refractivity contribution is 6.31. The first-order chi connectivity index (χ1) is 14.5. The molecule has 4 rings (SSSR count). The number of nitrogens with zero attached hydrogens (tertiary/aromatic N) is 2. The Morgan fingerprint density at radius 2 is 1.87 bits per heavy atom. The molecule has 0 atom stereocenters. The molecular weight excluding hydrogens is 416 g/mol. The van der Waals surface area contributed by atoms with Crippen molar-refractivity contribution in [3.8, 4) is 11.8 Å². The number of aromatic carboxylic acids is 1. The molecule has 0 spiro atoms. The maximum absolute atomic E-state index is 13.2. The van der Waals surface area contributed by atoms with Crippen molar-refractivity contribution in [3.63, 3.8) is 0 Å². The molecule has 0 saturated heterocycles. The molecule has 1 aliphatic carbocycles. The third-order valence-corrected chi connectivity index (χ3v) is 6.88. The van der Waals surface area contributed by atoms with Crippen LogP contribution in [0.2, 0.25) is 5.02 Å². The number of hydrogen-bond donors (Lipinski definition) is 1. The molecule has 1 N–H and O–H groups in total. The molecule has 0 radical (unpaired) electrons. The van der Waals surface area contributed by atoms with Gasteiger partial charge in [-0.05, 0) is 35.9 Å². The number of amides is 1. The smallest absolute Gasteiger partial charge is 0.335 e. The van der Waals surface area contributed by atoms with E-state index in [0.29, 0.717) is 28.4 Å². The molecule has 2 aromatic carbocycles. The fourth-order valence-electron chi connectivity index (χ4n) is 5.70. The third-order valence-electron chi connectivity index (χ3n) is 6.57.